The van der Waals surface area contributed by atoms with Crippen molar-refractivity contribution < 1.29 is 23.1 Å². The molecule has 4 nitrogen and oxygen atoms in total. The van der Waals surface area contributed by atoms with E-state index in [1.54, 1.807) is 19.9 Å². The summed E-state index contributed by atoms with van der Waals surface area (Å²) in [4.78, 5) is 16.7. The third kappa shape index (κ3) is 4.71. The van der Waals surface area contributed by atoms with E-state index in [0.717, 1.165) is 19.3 Å². The monoisotopic (exact) mass is 424 g/mol. The van der Waals surface area contributed by atoms with Gasteiger partial charge in [-0.2, -0.15) is 0 Å². The van der Waals surface area contributed by atoms with E-state index in [-0.39, 0.29) is 30.2 Å². The first-order valence-corrected chi connectivity index (χ1v) is 10.6. The molecule has 3 rings (SSSR count). The van der Waals surface area contributed by atoms with E-state index in [0.29, 0.717) is 29.7 Å². The van der Waals surface area contributed by atoms with Gasteiger partial charge < -0.3 is 9.67 Å². The molecular formula is C23H31F3N2O2. The molecule has 0 amide bonds. The van der Waals surface area contributed by atoms with Crippen molar-refractivity contribution in [3.63, 3.8) is 0 Å². The molecule has 0 spiro atoms. The lowest BCUT2D eigenvalue weighted by Crippen LogP contribution is -2.25. The Labute approximate surface area is 175 Å². The van der Waals surface area contributed by atoms with Gasteiger partial charge in [0, 0.05) is 30.7 Å². The van der Waals surface area contributed by atoms with Crippen molar-refractivity contribution in [1.29, 1.82) is 0 Å². The smallest absolute Gasteiger partial charge is 0.244 e. The number of ketones is 1. The summed E-state index contributed by atoms with van der Waals surface area (Å²) >= 11 is 0. The minimum atomic E-state index is -2.54. The van der Waals surface area contributed by atoms with Gasteiger partial charge in [-0.25, -0.2) is 18.2 Å². The zero-order valence-corrected chi connectivity index (χ0v) is 18.1. The predicted octanol–water partition coefficient (Wildman–Crippen LogP) is 5.70. The van der Waals surface area contributed by atoms with Gasteiger partial charge in [-0.15, -0.1) is 0 Å². The number of Topliss-reactive ketones (excluding diaryl/α,β-unsaturated/α-hetero) is 1. The minimum absolute atomic E-state index is 0.159. The van der Waals surface area contributed by atoms with E-state index in [1.165, 1.54) is 19.9 Å². The largest absolute Gasteiger partial charge is 0.386 e. The molecule has 0 saturated heterocycles. The molecule has 0 atom stereocenters. The fraction of sp³-hybridized carbons (Fsp3) is 0.652. The number of rotatable bonds is 9. The van der Waals surface area contributed by atoms with Gasteiger partial charge in [-0.1, -0.05) is 13.8 Å². The van der Waals surface area contributed by atoms with Crippen LogP contribution in [0, 0.1) is 11.2 Å². The number of aromatic nitrogens is 2. The molecule has 1 fully saturated rings. The van der Waals surface area contributed by atoms with Gasteiger partial charge in [-0.3, -0.25) is 4.79 Å². The number of hydrogen-bond donors (Lipinski definition) is 1. The first-order valence-electron chi connectivity index (χ1n) is 10.6. The SMILES string of the molecule is CC(C)(O)c1cc(F)c2nc(CCCC(=O)CC(C)(C)C(F)F)n(C3CCC3)c2c1. The van der Waals surface area contributed by atoms with Gasteiger partial charge in [0.15, 0.2) is 5.82 Å². The highest BCUT2D eigenvalue weighted by molar-refractivity contribution is 5.79. The Morgan fingerprint density at radius 2 is 1.93 bits per heavy atom. The second-order valence-electron chi connectivity index (χ2n) is 9.73. The maximum atomic E-state index is 14.8. The van der Waals surface area contributed by atoms with Crippen molar-refractivity contribution in [3.05, 3.63) is 29.3 Å². The molecule has 0 unspecified atom stereocenters. The number of imidazole rings is 1. The van der Waals surface area contributed by atoms with Crippen LogP contribution in [0.3, 0.4) is 0 Å². The molecule has 0 radical (unpaired) electrons. The standard InChI is InChI=1S/C23H31F3N2O2/c1-22(2,21(25)26)13-16(29)9-6-10-19-27-20-17(24)11-14(23(3,4)30)12-18(20)28(19)15-7-5-8-15/h11-12,15,21,30H,5-10,13H2,1-4H3. The average molecular weight is 425 g/mol. The molecule has 1 aromatic heterocycles. The van der Waals surface area contributed by atoms with E-state index in [2.05, 4.69) is 4.98 Å². The molecule has 1 N–H and O–H groups in total. The topological polar surface area (TPSA) is 55.1 Å². The first kappa shape index (κ1) is 22.8. The molecule has 0 bridgehead atoms. The molecule has 1 aliphatic rings. The van der Waals surface area contributed by atoms with Crippen molar-refractivity contribution >= 4 is 16.8 Å². The van der Waals surface area contributed by atoms with Crippen molar-refractivity contribution in [2.24, 2.45) is 5.41 Å². The Morgan fingerprint density at radius 1 is 1.27 bits per heavy atom. The van der Waals surface area contributed by atoms with Gasteiger partial charge in [-0.05, 0) is 57.2 Å². The molecule has 7 heteroatoms. The number of aliphatic hydroxyl groups is 1. The zero-order valence-electron chi connectivity index (χ0n) is 18.1. The molecule has 1 saturated carbocycles. The predicted molar refractivity (Wildman–Crippen MR) is 110 cm³/mol. The Morgan fingerprint density at radius 3 is 2.47 bits per heavy atom. The number of benzene rings is 1. The molecule has 0 aliphatic heterocycles. The van der Waals surface area contributed by atoms with Crippen LogP contribution in [0.4, 0.5) is 13.2 Å². The lowest BCUT2D eigenvalue weighted by Gasteiger charge is -2.29. The van der Waals surface area contributed by atoms with Crippen molar-refractivity contribution in [3.8, 4) is 0 Å². The Balaban J connectivity index is 1.82. The second kappa shape index (κ2) is 8.33. The number of halogens is 3. The van der Waals surface area contributed by atoms with E-state index in [9.17, 15) is 23.1 Å². The summed E-state index contributed by atoms with van der Waals surface area (Å²) in [5.74, 6) is 0.0447. The average Bonchev–Trinajstić information content (AvgIpc) is 2.91. The maximum Gasteiger partial charge on any atom is 0.244 e. The molecule has 1 heterocycles. The number of nitrogens with zero attached hydrogens (tertiary/aromatic N) is 2. The number of aryl methyl sites for hydroxylation is 1. The van der Waals surface area contributed by atoms with Gasteiger partial charge >= 0.3 is 0 Å². The summed E-state index contributed by atoms with van der Waals surface area (Å²) in [7, 11) is 0. The maximum absolute atomic E-state index is 14.8. The van der Waals surface area contributed by atoms with Crippen LogP contribution in [0.25, 0.3) is 11.0 Å². The van der Waals surface area contributed by atoms with Crippen molar-refractivity contribution in [1.82, 2.24) is 9.55 Å². The van der Waals surface area contributed by atoms with E-state index >= 15 is 0 Å². The Kier molecular flexibility index (Phi) is 6.33. The highest BCUT2D eigenvalue weighted by atomic mass is 19.3. The van der Waals surface area contributed by atoms with Gasteiger partial charge in [0.25, 0.3) is 0 Å². The van der Waals surface area contributed by atoms with E-state index < -0.39 is 23.3 Å². The Hall–Kier alpha value is -1.89. The molecule has 1 aliphatic carbocycles. The summed E-state index contributed by atoms with van der Waals surface area (Å²) in [6, 6.07) is 3.35. The van der Waals surface area contributed by atoms with Crippen LogP contribution in [0.5, 0.6) is 0 Å². The first-order chi connectivity index (χ1) is 13.9. The normalized spacial score (nSPS) is 15.8. The summed E-state index contributed by atoms with van der Waals surface area (Å²) in [5, 5.41) is 10.3. The molecule has 30 heavy (non-hydrogen) atoms. The van der Waals surface area contributed by atoms with Crippen molar-refractivity contribution in [2.45, 2.75) is 90.7 Å². The highest BCUT2D eigenvalue weighted by Gasteiger charge is 2.32. The van der Waals surface area contributed by atoms with Crippen LogP contribution < -0.4 is 0 Å². The summed E-state index contributed by atoms with van der Waals surface area (Å²) in [5.41, 5.74) is -1.07. The van der Waals surface area contributed by atoms with Crippen LogP contribution in [-0.2, 0) is 16.8 Å². The third-order valence-corrected chi connectivity index (χ3v) is 6.07. The second-order valence-corrected chi connectivity index (χ2v) is 9.73. The molecule has 2 aromatic rings. The van der Waals surface area contributed by atoms with E-state index in [1.807, 2.05) is 4.57 Å². The van der Waals surface area contributed by atoms with Crippen LogP contribution >= 0.6 is 0 Å². The van der Waals surface area contributed by atoms with Gasteiger partial charge in [0.05, 0.1) is 11.1 Å². The molecule has 1 aromatic carbocycles. The Bertz CT molecular complexity index is 925. The van der Waals surface area contributed by atoms with Crippen LogP contribution in [0.15, 0.2) is 12.1 Å². The number of alkyl halides is 2. The number of fused-ring (bicyclic) bond motifs is 1. The fourth-order valence-electron chi connectivity index (χ4n) is 3.90. The van der Waals surface area contributed by atoms with Crippen LogP contribution in [0.2, 0.25) is 0 Å². The summed E-state index contributed by atoms with van der Waals surface area (Å²) in [6.07, 6.45) is 1.50. The minimum Gasteiger partial charge on any atom is -0.386 e. The summed E-state index contributed by atoms with van der Waals surface area (Å²) in [6.45, 7) is 6.03. The van der Waals surface area contributed by atoms with Gasteiger partial charge in [0.1, 0.15) is 17.1 Å². The number of carbonyl (C=O) groups is 1. The highest BCUT2D eigenvalue weighted by Crippen LogP contribution is 2.38. The van der Waals surface area contributed by atoms with Crippen molar-refractivity contribution in [2.75, 3.05) is 0 Å². The fourth-order valence-corrected chi connectivity index (χ4v) is 3.90. The molecular weight excluding hydrogens is 393 g/mol. The number of hydrogen-bond acceptors (Lipinski definition) is 3. The lowest BCUT2D eigenvalue weighted by atomic mass is 9.86. The van der Waals surface area contributed by atoms with Crippen LogP contribution in [0.1, 0.15) is 83.6 Å². The lowest BCUT2D eigenvalue weighted by molar-refractivity contribution is -0.123. The molecule has 166 valence electrons. The van der Waals surface area contributed by atoms with Crippen LogP contribution in [-0.4, -0.2) is 26.9 Å². The quantitative estimate of drug-likeness (QED) is 0.562. The number of carbonyl (C=O) groups excluding carboxylic acids is 1. The van der Waals surface area contributed by atoms with Gasteiger partial charge in [0.2, 0.25) is 6.43 Å². The van der Waals surface area contributed by atoms with E-state index in [4.69, 9.17) is 0 Å². The summed E-state index contributed by atoms with van der Waals surface area (Å²) < 4.78 is 42.8. The third-order valence-electron chi connectivity index (χ3n) is 6.07. The zero-order chi connectivity index (χ0) is 22.3.